The first kappa shape index (κ1) is 16.8. The molecule has 0 aliphatic rings. The molecule has 2 N–H and O–H groups in total. The minimum absolute atomic E-state index is 0.00235. The Bertz CT molecular complexity index is 1060. The van der Waals surface area contributed by atoms with Gasteiger partial charge in [0.2, 0.25) is 5.91 Å². The average Bonchev–Trinajstić information content (AvgIpc) is 3.16. The second kappa shape index (κ2) is 6.96. The van der Waals surface area contributed by atoms with E-state index >= 15 is 0 Å². The largest absolute Gasteiger partial charge is 0.354 e. The van der Waals surface area contributed by atoms with E-state index in [2.05, 4.69) is 37.3 Å². The van der Waals surface area contributed by atoms with E-state index in [1.807, 2.05) is 54.0 Å². The van der Waals surface area contributed by atoms with E-state index in [1.165, 1.54) is 0 Å². The zero-order valence-corrected chi connectivity index (χ0v) is 16.0. The van der Waals surface area contributed by atoms with Gasteiger partial charge in [0, 0.05) is 34.0 Å². The SMILES string of the molecule is Cc1c(Br)c2ccccc2n1CC(=O)NCCc1nc2ccccc2[nH]1. The molecule has 0 spiro atoms. The Morgan fingerprint density at radius 2 is 1.96 bits per heavy atom. The fourth-order valence-corrected chi connectivity index (χ4v) is 3.79. The molecule has 0 aliphatic heterocycles. The van der Waals surface area contributed by atoms with Crippen molar-refractivity contribution in [2.24, 2.45) is 0 Å². The number of nitrogens with zero attached hydrogens (tertiary/aromatic N) is 2. The third-order valence-corrected chi connectivity index (χ3v) is 5.58. The van der Waals surface area contributed by atoms with Crippen LogP contribution >= 0.6 is 15.9 Å². The highest BCUT2D eigenvalue weighted by Gasteiger charge is 2.14. The fraction of sp³-hybridized carbons (Fsp3) is 0.200. The number of hydrogen-bond donors (Lipinski definition) is 2. The Labute approximate surface area is 159 Å². The lowest BCUT2D eigenvalue weighted by Crippen LogP contribution is -2.29. The smallest absolute Gasteiger partial charge is 0.239 e. The molecule has 0 saturated heterocycles. The number of carbonyl (C=O) groups is 1. The molecule has 4 aromatic rings. The summed E-state index contributed by atoms with van der Waals surface area (Å²) in [4.78, 5) is 20.2. The van der Waals surface area contributed by atoms with Crippen LogP contribution in [0.4, 0.5) is 0 Å². The molecule has 0 atom stereocenters. The standard InChI is InChI=1S/C20H19BrN4O/c1-13-20(21)14-6-2-5-9-17(14)25(13)12-19(26)22-11-10-18-23-15-7-3-4-8-16(15)24-18/h2-9H,10-12H2,1H3,(H,22,26)(H,23,24). The molecule has 2 aromatic heterocycles. The van der Waals surface area contributed by atoms with Gasteiger partial charge in [0.15, 0.2) is 0 Å². The Morgan fingerprint density at radius 3 is 2.81 bits per heavy atom. The number of fused-ring (bicyclic) bond motifs is 2. The van der Waals surface area contributed by atoms with Gasteiger partial charge in [0.1, 0.15) is 12.4 Å². The predicted octanol–water partition coefficient (Wildman–Crippen LogP) is 3.95. The van der Waals surface area contributed by atoms with Crippen molar-refractivity contribution in [3.8, 4) is 0 Å². The van der Waals surface area contributed by atoms with E-state index in [1.54, 1.807) is 0 Å². The van der Waals surface area contributed by atoms with Gasteiger partial charge < -0.3 is 14.9 Å². The molecule has 0 radical (unpaired) electrons. The molecule has 2 heterocycles. The maximum absolute atomic E-state index is 12.4. The lowest BCUT2D eigenvalue weighted by Gasteiger charge is -2.09. The fourth-order valence-electron chi connectivity index (χ4n) is 3.24. The van der Waals surface area contributed by atoms with Crippen molar-refractivity contribution in [1.29, 1.82) is 0 Å². The number of benzene rings is 2. The maximum atomic E-state index is 12.4. The molecular formula is C20H19BrN4O. The number of aromatic nitrogens is 3. The summed E-state index contributed by atoms with van der Waals surface area (Å²) < 4.78 is 3.08. The van der Waals surface area contributed by atoms with Gasteiger partial charge >= 0.3 is 0 Å². The third kappa shape index (κ3) is 3.12. The molecule has 2 aromatic carbocycles. The van der Waals surface area contributed by atoms with Gasteiger partial charge in [-0.1, -0.05) is 30.3 Å². The second-order valence-electron chi connectivity index (χ2n) is 6.30. The lowest BCUT2D eigenvalue weighted by atomic mass is 10.2. The van der Waals surface area contributed by atoms with Crippen LogP contribution < -0.4 is 5.32 Å². The molecular weight excluding hydrogens is 392 g/mol. The second-order valence-corrected chi connectivity index (χ2v) is 7.10. The van der Waals surface area contributed by atoms with Crippen molar-refractivity contribution < 1.29 is 4.79 Å². The summed E-state index contributed by atoms with van der Waals surface area (Å²) >= 11 is 3.63. The van der Waals surface area contributed by atoms with Gasteiger partial charge in [0.25, 0.3) is 0 Å². The first-order valence-corrected chi connectivity index (χ1v) is 9.36. The Kier molecular flexibility index (Phi) is 4.51. The molecule has 0 aliphatic carbocycles. The van der Waals surface area contributed by atoms with Crippen LogP contribution in [0.3, 0.4) is 0 Å². The zero-order valence-electron chi connectivity index (χ0n) is 14.4. The number of para-hydroxylation sites is 3. The summed E-state index contributed by atoms with van der Waals surface area (Å²) in [6.45, 7) is 2.88. The van der Waals surface area contributed by atoms with Crippen LogP contribution in [0.15, 0.2) is 53.0 Å². The van der Waals surface area contributed by atoms with Crippen molar-refractivity contribution in [2.75, 3.05) is 6.54 Å². The number of rotatable bonds is 5. The highest BCUT2D eigenvalue weighted by molar-refractivity contribution is 9.10. The van der Waals surface area contributed by atoms with Crippen molar-refractivity contribution in [2.45, 2.75) is 19.9 Å². The molecule has 5 nitrogen and oxygen atoms in total. The van der Waals surface area contributed by atoms with Gasteiger partial charge in [-0.15, -0.1) is 0 Å². The maximum Gasteiger partial charge on any atom is 0.239 e. The number of imidazole rings is 1. The number of nitrogens with one attached hydrogen (secondary N) is 2. The number of aromatic amines is 1. The number of halogens is 1. The molecule has 26 heavy (non-hydrogen) atoms. The number of hydrogen-bond acceptors (Lipinski definition) is 2. The molecule has 0 unspecified atom stereocenters. The van der Waals surface area contributed by atoms with E-state index in [0.717, 1.165) is 37.9 Å². The number of carbonyl (C=O) groups excluding carboxylic acids is 1. The van der Waals surface area contributed by atoms with Crippen LogP contribution in [0.5, 0.6) is 0 Å². The topological polar surface area (TPSA) is 62.7 Å². The summed E-state index contributed by atoms with van der Waals surface area (Å²) in [6, 6.07) is 16.0. The minimum Gasteiger partial charge on any atom is -0.354 e. The molecule has 6 heteroatoms. The van der Waals surface area contributed by atoms with Crippen LogP contribution in [0.1, 0.15) is 11.5 Å². The van der Waals surface area contributed by atoms with Gasteiger partial charge in [0.05, 0.1) is 11.0 Å². The normalized spacial score (nSPS) is 11.3. The highest BCUT2D eigenvalue weighted by atomic mass is 79.9. The number of H-pyrrole nitrogens is 1. The highest BCUT2D eigenvalue weighted by Crippen LogP contribution is 2.30. The quantitative estimate of drug-likeness (QED) is 0.523. The van der Waals surface area contributed by atoms with Gasteiger partial charge in [-0.05, 0) is 41.1 Å². The molecule has 0 bridgehead atoms. The number of amides is 1. The molecule has 0 saturated carbocycles. The minimum atomic E-state index is -0.00235. The van der Waals surface area contributed by atoms with E-state index in [-0.39, 0.29) is 5.91 Å². The Balaban J connectivity index is 1.41. The van der Waals surface area contributed by atoms with Crippen molar-refractivity contribution in [1.82, 2.24) is 19.9 Å². The molecule has 0 fully saturated rings. The van der Waals surface area contributed by atoms with Crippen molar-refractivity contribution in [3.05, 3.63) is 64.5 Å². The van der Waals surface area contributed by atoms with Crippen LogP contribution in [0.25, 0.3) is 21.9 Å². The van der Waals surface area contributed by atoms with E-state index in [9.17, 15) is 4.79 Å². The summed E-state index contributed by atoms with van der Waals surface area (Å²) in [7, 11) is 0. The summed E-state index contributed by atoms with van der Waals surface area (Å²) in [5.74, 6) is 0.884. The van der Waals surface area contributed by atoms with E-state index in [4.69, 9.17) is 0 Å². The Hall–Kier alpha value is -2.60. The first-order chi connectivity index (χ1) is 12.6. The van der Waals surface area contributed by atoms with Gasteiger partial charge in [-0.25, -0.2) is 4.98 Å². The molecule has 132 valence electrons. The summed E-state index contributed by atoms with van der Waals surface area (Å²) in [5, 5.41) is 4.12. The van der Waals surface area contributed by atoms with Gasteiger partial charge in [-0.2, -0.15) is 0 Å². The van der Waals surface area contributed by atoms with Gasteiger partial charge in [-0.3, -0.25) is 4.79 Å². The van der Waals surface area contributed by atoms with Crippen LogP contribution in [0.2, 0.25) is 0 Å². The lowest BCUT2D eigenvalue weighted by molar-refractivity contribution is -0.121. The Morgan fingerprint density at radius 1 is 1.19 bits per heavy atom. The van der Waals surface area contributed by atoms with Crippen LogP contribution in [-0.4, -0.2) is 27.0 Å². The van der Waals surface area contributed by atoms with E-state index < -0.39 is 0 Å². The predicted molar refractivity (Wildman–Crippen MR) is 107 cm³/mol. The average molecular weight is 411 g/mol. The third-order valence-electron chi connectivity index (χ3n) is 4.58. The van der Waals surface area contributed by atoms with E-state index in [0.29, 0.717) is 19.5 Å². The molecule has 1 amide bonds. The van der Waals surface area contributed by atoms with Crippen LogP contribution in [0, 0.1) is 6.92 Å². The first-order valence-electron chi connectivity index (χ1n) is 8.57. The molecule has 4 rings (SSSR count). The summed E-state index contributed by atoms with van der Waals surface area (Å²) in [6.07, 6.45) is 0.676. The monoisotopic (exact) mass is 410 g/mol. The zero-order chi connectivity index (χ0) is 18.1. The van der Waals surface area contributed by atoms with Crippen molar-refractivity contribution in [3.63, 3.8) is 0 Å². The van der Waals surface area contributed by atoms with Crippen LogP contribution in [-0.2, 0) is 17.8 Å². The van der Waals surface area contributed by atoms with Crippen molar-refractivity contribution >= 4 is 43.8 Å². The summed E-state index contributed by atoms with van der Waals surface area (Å²) in [5.41, 5.74) is 4.09.